The van der Waals surface area contributed by atoms with Gasteiger partial charge in [-0.1, -0.05) is 25.6 Å². The summed E-state index contributed by atoms with van der Waals surface area (Å²) in [6.45, 7) is 4.54. The number of alkyl halides is 3. The number of hydrogen-bond acceptors (Lipinski definition) is 2. The average molecular weight is 211 g/mol. The molecule has 0 atom stereocenters. The van der Waals surface area contributed by atoms with Crippen LogP contribution in [-0.2, 0) is 0 Å². The molecule has 0 radical (unpaired) electrons. The summed E-state index contributed by atoms with van der Waals surface area (Å²) in [6.07, 6.45) is -4.27. The molecule has 0 spiro atoms. The SMILES string of the molecule is C/C(=C\SC(=N)C(C)C)C(F)(F)F. The predicted octanol–water partition coefficient (Wildman–Crippen LogP) is 3.82. The molecule has 13 heavy (non-hydrogen) atoms. The van der Waals surface area contributed by atoms with Crippen LogP contribution < -0.4 is 0 Å². The molecule has 0 aromatic rings. The van der Waals surface area contributed by atoms with Crippen LogP contribution in [0.4, 0.5) is 13.2 Å². The van der Waals surface area contributed by atoms with E-state index in [-0.39, 0.29) is 11.0 Å². The van der Waals surface area contributed by atoms with Gasteiger partial charge in [-0.15, -0.1) is 0 Å². The molecule has 5 heteroatoms. The van der Waals surface area contributed by atoms with Crippen LogP contribution in [0.25, 0.3) is 0 Å². The smallest absolute Gasteiger partial charge is 0.298 e. The van der Waals surface area contributed by atoms with E-state index in [4.69, 9.17) is 5.41 Å². The summed E-state index contributed by atoms with van der Waals surface area (Å²) in [5.41, 5.74) is -0.664. The normalized spacial score (nSPS) is 13.6. The minimum absolute atomic E-state index is 0.0257. The molecule has 0 saturated carbocycles. The monoisotopic (exact) mass is 211 g/mol. The number of thioether (sulfide) groups is 1. The van der Waals surface area contributed by atoms with Crippen molar-refractivity contribution in [2.75, 3.05) is 0 Å². The fourth-order valence-corrected chi connectivity index (χ4v) is 1.06. The van der Waals surface area contributed by atoms with Gasteiger partial charge in [0.1, 0.15) is 0 Å². The van der Waals surface area contributed by atoms with E-state index < -0.39 is 11.7 Å². The van der Waals surface area contributed by atoms with Crippen molar-refractivity contribution in [1.82, 2.24) is 0 Å². The molecule has 0 bridgehead atoms. The first kappa shape index (κ1) is 12.6. The largest absolute Gasteiger partial charge is 0.412 e. The minimum Gasteiger partial charge on any atom is -0.298 e. The van der Waals surface area contributed by atoms with E-state index >= 15 is 0 Å². The summed E-state index contributed by atoms with van der Waals surface area (Å²) in [6, 6.07) is 0. The van der Waals surface area contributed by atoms with Crippen LogP contribution in [0.2, 0.25) is 0 Å². The van der Waals surface area contributed by atoms with Gasteiger partial charge in [0, 0.05) is 11.5 Å². The Labute approximate surface area is 79.9 Å². The lowest BCUT2D eigenvalue weighted by atomic mass is 10.2. The molecule has 0 saturated heterocycles. The van der Waals surface area contributed by atoms with Crippen molar-refractivity contribution in [2.24, 2.45) is 5.92 Å². The predicted molar refractivity (Wildman–Crippen MR) is 50.0 cm³/mol. The van der Waals surface area contributed by atoms with E-state index in [0.717, 1.165) is 24.1 Å². The van der Waals surface area contributed by atoms with Crippen molar-refractivity contribution < 1.29 is 13.2 Å². The topological polar surface area (TPSA) is 23.9 Å². The zero-order valence-corrected chi connectivity index (χ0v) is 8.51. The molecule has 0 aliphatic heterocycles. The Balaban J connectivity index is 4.21. The van der Waals surface area contributed by atoms with Crippen molar-refractivity contribution in [3.05, 3.63) is 11.0 Å². The second kappa shape index (κ2) is 4.69. The molecule has 76 valence electrons. The first-order chi connectivity index (χ1) is 5.75. The highest BCUT2D eigenvalue weighted by Crippen LogP contribution is 2.27. The lowest BCUT2D eigenvalue weighted by Crippen LogP contribution is -2.08. The second-order valence-corrected chi connectivity index (χ2v) is 3.85. The molecule has 0 aliphatic carbocycles. The molecule has 0 heterocycles. The van der Waals surface area contributed by atoms with Gasteiger partial charge in [-0.25, -0.2) is 0 Å². The highest BCUT2D eigenvalue weighted by Gasteiger charge is 2.29. The van der Waals surface area contributed by atoms with Crippen molar-refractivity contribution in [3.8, 4) is 0 Å². The van der Waals surface area contributed by atoms with Gasteiger partial charge in [-0.3, -0.25) is 5.41 Å². The van der Waals surface area contributed by atoms with E-state index in [9.17, 15) is 13.2 Å². The van der Waals surface area contributed by atoms with Crippen molar-refractivity contribution >= 4 is 16.8 Å². The number of rotatable bonds is 2. The third kappa shape index (κ3) is 4.98. The molecular weight excluding hydrogens is 199 g/mol. The fraction of sp³-hybridized carbons (Fsp3) is 0.625. The van der Waals surface area contributed by atoms with Gasteiger partial charge in [-0.2, -0.15) is 13.2 Å². The average Bonchev–Trinajstić information content (AvgIpc) is 1.97. The first-order valence-electron chi connectivity index (χ1n) is 3.74. The molecule has 1 N–H and O–H groups in total. The van der Waals surface area contributed by atoms with Gasteiger partial charge in [0.05, 0.1) is 5.04 Å². The maximum absolute atomic E-state index is 11.9. The molecular formula is C8H12F3NS. The zero-order chi connectivity index (χ0) is 10.6. The van der Waals surface area contributed by atoms with Gasteiger partial charge in [0.15, 0.2) is 0 Å². The summed E-state index contributed by atoms with van der Waals surface area (Å²) in [4.78, 5) is 0. The second-order valence-electron chi connectivity index (χ2n) is 2.94. The third-order valence-corrected chi connectivity index (χ3v) is 2.53. The van der Waals surface area contributed by atoms with E-state index in [1.54, 1.807) is 13.8 Å². The van der Waals surface area contributed by atoms with Crippen molar-refractivity contribution in [3.63, 3.8) is 0 Å². The van der Waals surface area contributed by atoms with Crippen LogP contribution in [0, 0.1) is 11.3 Å². The van der Waals surface area contributed by atoms with Crippen molar-refractivity contribution in [1.29, 1.82) is 5.41 Å². The van der Waals surface area contributed by atoms with Crippen molar-refractivity contribution in [2.45, 2.75) is 26.9 Å². The molecule has 1 nitrogen and oxygen atoms in total. The number of hydrogen-bond donors (Lipinski definition) is 1. The lowest BCUT2D eigenvalue weighted by molar-refractivity contribution is -0.0910. The highest BCUT2D eigenvalue weighted by atomic mass is 32.2. The summed E-state index contributed by atoms with van der Waals surface area (Å²) >= 11 is 0.821. The maximum atomic E-state index is 11.9. The van der Waals surface area contributed by atoms with Crippen LogP contribution in [0.3, 0.4) is 0 Å². The van der Waals surface area contributed by atoms with Crippen LogP contribution in [0.1, 0.15) is 20.8 Å². The summed E-state index contributed by atoms with van der Waals surface area (Å²) < 4.78 is 35.8. The number of halogens is 3. The highest BCUT2D eigenvalue weighted by molar-refractivity contribution is 8.16. The van der Waals surface area contributed by atoms with E-state index in [2.05, 4.69) is 0 Å². The van der Waals surface area contributed by atoms with Gasteiger partial charge in [-0.05, 0) is 12.3 Å². The molecule has 0 aliphatic rings. The lowest BCUT2D eigenvalue weighted by Gasteiger charge is -2.07. The Hall–Kier alpha value is -0.450. The van der Waals surface area contributed by atoms with Gasteiger partial charge >= 0.3 is 6.18 Å². The van der Waals surface area contributed by atoms with E-state index in [1.165, 1.54) is 0 Å². The molecule has 0 unspecified atom stereocenters. The Kier molecular flexibility index (Phi) is 4.53. The summed E-state index contributed by atoms with van der Waals surface area (Å²) in [5, 5.41) is 8.51. The van der Waals surface area contributed by atoms with Crippen LogP contribution in [-0.4, -0.2) is 11.2 Å². The van der Waals surface area contributed by atoms with E-state index in [1.807, 2.05) is 0 Å². The molecule has 0 fully saturated rings. The molecule has 0 amide bonds. The zero-order valence-electron chi connectivity index (χ0n) is 7.70. The number of nitrogens with one attached hydrogen (secondary N) is 1. The van der Waals surface area contributed by atoms with Crippen LogP contribution in [0.15, 0.2) is 11.0 Å². The van der Waals surface area contributed by atoms with Crippen LogP contribution in [0.5, 0.6) is 0 Å². The maximum Gasteiger partial charge on any atom is 0.412 e. The Morgan fingerprint density at radius 1 is 1.38 bits per heavy atom. The first-order valence-corrected chi connectivity index (χ1v) is 4.62. The quantitative estimate of drug-likeness (QED) is 0.544. The van der Waals surface area contributed by atoms with Crippen LogP contribution >= 0.6 is 11.8 Å². The van der Waals surface area contributed by atoms with Gasteiger partial charge < -0.3 is 0 Å². The Morgan fingerprint density at radius 3 is 2.15 bits per heavy atom. The fourth-order valence-electron chi connectivity index (χ4n) is 0.355. The molecule has 0 rings (SSSR count). The minimum atomic E-state index is -4.27. The van der Waals surface area contributed by atoms with E-state index in [0.29, 0.717) is 0 Å². The Morgan fingerprint density at radius 2 is 1.85 bits per heavy atom. The molecule has 0 aromatic carbocycles. The van der Waals surface area contributed by atoms with Gasteiger partial charge in [0.25, 0.3) is 0 Å². The summed E-state index contributed by atoms with van der Waals surface area (Å²) in [7, 11) is 0. The summed E-state index contributed by atoms with van der Waals surface area (Å²) in [5.74, 6) is -0.0257. The number of allylic oxidation sites excluding steroid dienone is 1. The standard InChI is InChI=1S/C8H12F3NS/c1-5(2)7(12)13-4-6(3)8(9,10)11/h4-5,12H,1-3H3/b6-4+,12-7?. The van der Waals surface area contributed by atoms with Gasteiger partial charge in [0.2, 0.25) is 0 Å². The molecule has 0 aromatic heterocycles. The third-order valence-electron chi connectivity index (χ3n) is 1.33. The Bertz CT molecular complexity index is 218.